The standard InChI is InChI=1S/C6H10O3/c7-4-1-2-6(9)3-5-8/h4-6,9H,1-3H2. The van der Waals surface area contributed by atoms with Crippen molar-refractivity contribution in [1.29, 1.82) is 0 Å². The lowest BCUT2D eigenvalue weighted by molar-refractivity contribution is -0.111. The fourth-order valence-corrected chi connectivity index (χ4v) is 0.489. The van der Waals surface area contributed by atoms with Crippen molar-refractivity contribution < 1.29 is 14.7 Å². The molecule has 0 aliphatic rings. The summed E-state index contributed by atoms with van der Waals surface area (Å²) in [6.07, 6.45) is 1.60. The van der Waals surface area contributed by atoms with Gasteiger partial charge in [-0.1, -0.05) is 0 Å². The Bertz CT molecular complexity index is 90.3. The molecule has 3 nitrogen and oxygen atoms in total. The molecule has 0 amide bonds. The van der Waals surface area contributed by atoms with Crippen LogP contribution in [0.15, 0.2) is 0 Å². The van der Waals surface area contributed by atoms with E-state index in [0.717, 1.165) is 6.29 Å². The highest BCUT2D eigenvalue weighted by molar-refractivity contribution is 5.51. The molecule has 52 valence electrons. The van der Waals surface area contributed by atoms with Gasteiger partial charge in [-0.25, -0.2) is 0 Å². The van der Waals surface area contributed by atoms with Crippen LogP contribution in [0.2, 0.25) is 0 Å². The van der Waals surface area contributed by atoms with Crippen LogP contribution in [0.1, 0.15) is 19.3 Å². The van der Waals surface area contributed by atoms with Crippen molar-refractivity contribution in [1.82, 2.24) is 0 Å². The van der Waals surface area contributed by atoms with E-state index >= 15 is 0 Å². The van der Waals surface area contributed by atoms with E-state index in [1.165, 1.54) is 0 Å². The first-order valence-electron chi connectivity index (χ1n) is 2.86. The third kappa shape index (κ3) is 5.17. The molecule has 0 radical (unpaired) electrons. The van der Waals surface area contributed by atoms with Gasteiger partial charge in [0, 0.05) is 12.8 Å². The van der Waals surface area contributed by atoms with Crippen LogP contribution in [0.4, 0.5) is 0 Å². The number of aliphatic hydroxyl groups excluding tert-OH is 1. The van der Waals surface area contributed by atoms with Crippen molar-refractivity contribution in [2.24, 2.45) is 0 Å². The summed E-state index contributed by atoms with van der Waals surface area (Å²) in [5, 5.41) is 8.79. The Morgan fingerprint density at radius 1 is 1.33 bits per heavy atom. The summed E-state index contributed by atoms with van der Waals surface area (Å²) in [6.45, 7) is 0. The van der Waals surface area contributed by atoms with Crippen molar-refractivity contribution in [3.8, 4) is 0 Å². The van der Waals surface area contributed by atoms with Crippen molar-refractivity contribution in [3.63, 3.8) is 0 Å². The van der Waals surface area contributed by atoms with Gasteiger partial charge in [-0.05, 0) is 6.42 Å². The molecule has 0 bridgehead atoms. The minimum absolute atomic E-state index is 0.133. The molecular formula is C6H10O3. The highest BCUT2D eigenvalue weighted by Gasteiger charge is 2.00. The SMILES string of the molecule is O=CCCC(O)CC=O. The lowest BCUT2D eigenvalue weighted by Crippen LogP contribution is -2.06. The molecule has 1 unspecified atom stereocenters. The average Bonchev–Trinajstić information content (AvgIpc) is 1.85. The fourth-order valence-electron chi connectivity index (χ4n) is 0.489. The molecule has 1 atom stereocenters. The van der Waals surface area contributed by atoms with Crippen molar-refractivity contribution >= 4 is 12.6 Å². The van der Waals surface area contributed by atoms with Crippen molar-refractivity contribution in [2.75, 3.05) is 0 Å². The summed E-state index contributed by atoms with van der Waals surface area (Å²) < 4.78 is 0. The summed E-state index contributed by atoms with van der Waals surface area (Å²) in [5.41, 5.74) is 0. The van der Waals surface area contributed by atoms with Crippen LogP contribution in [0.3, 0.4) is 0 Å². The van der Waals surface area contributed by atoms with Crippen LogP contribution in [0.25, 0.3) is 0 Å². The zero-order chi connectivity index (χ0) is 7.11. The maximum absolute atomic E-state index is 9.73. The van der Waals surface area contributed by atoms with Crippen LogP contribution < -0.4 is 0 Å². The van der Waals surface area contributed by atoms with E-state index < -0.39 is 6.10 Å². The number of aliphatic hydroxyl groups is 1. The number of hydrogen-bond acceptors (Lipinski definition) is 3. The van der Waals surface area contributed by atoms with E-state index in [9.17, 15) is 9.59 Å². The van der Waals surface area contributed by atoms with Crippen LogP contribution in [-0.2, 0) is 9.59 Å². The topological polar surface area (TPSA) is 54.4 Å². The second-order valence-corrected chi connectivity index (χ2v) is 1.80. The minimum Gasteiger partial charge on any atom is -0.393 e. The van der Waals surface area contributed by atoms with E-state index in [4.69, 9.17) is 5.11 Å². The van der Waals surface area contributed by atoms with Crippen LogP contribution in [0, 0.1) is 0 Å². The van der Waals surface area contributed by atoms with Crippen molar-refractivity contribution in [3.05, 3.63) is 0 Å². The van der Waals surface area contributed by atoms with E-state index in [-0.39, 0.29) is 6.42 Å². The quantitative estimate of drug-likeness (QED) is 0.529. The molecular weight excluding hydrogens is 120 g/mol. The molecule has 0 aliphatic heterocycles. The minimum atomic E-state index is -0.632. The molecule has 0 saturated heterocycles. The smallest absolute Gasteiger partial charge is 0.122 e. The van der Waals surface area contributed by atoms with Gasteiger partial charge in [-0.2, -0.15) is 0 Å². The maximum Gasteiger partial charge on any atom is 0.122 e. The highest BCUT2D eigenvalue weighted by atomic mass is 16.3. The second kappa shape index (κ2) is 5.44. The molecule has 1 N–H and O–H groups in total. The largest absolute Gasteiger partial charge is 0.393 e. The molecule has 0 aromatic heterocycles. The molecule has 0 aliphatic carbocycles. The second-order valence-electron chi connectivity index (χ2n) is 1.80. The van der Waals surface area contributed by atoms with Crippen LogP contribution >= 0.6 is 0 Å². The van der Waals surface area contributed by atoms with Gasteiger partial charge in [0.1, 0.15) is 12.6 Å². The van der Waals surface area contributed by atoms with Gasteiger partial charge in [0.25, 0.3) is 0 Å². The highest BCUT2D eigenvalue weighted by Crippen LogP contribution is 1.96. The fraction of sp³-hybridized carbons (Fsp3) is 0.667. The normalized spacial score (nSPS) is 12.6. The van der Waals surface area contributed by atoms with Gasteiger partial charge >= 0.3 is 0 Å². The Labute approximate surface area is 53.7 Å². The summed E-state index contributed by atoms with van der Waals surface area (Å²) in [7, 11) is 0. The number of hydrogen-bond donors (Lipinski definition) is 1. The lowest BCUT2D eigenvalue weighted by Gasteiger charge is -2.00. The molecule has 9 heavy (non-hydrogen) atoms. The number of aldehydes is 2. The van der Waals surface area contributed by atoms with Gasteiger partial charge in [0.05, 0.1) is 6.10 Å². The molecule has 0 aromatic rings. The summed E-state index contributed by atoms with van der Waals surface area (Å²) in [6, 6.07) is 0. The van der Waals surface area contributed by atoms with Gasteiger partial charge in [-0.15, -0.1) is 0 Å². The van der Waals surface area contributed by atoms with E-state index in [2.05, 4.69) is 0 Å². The average molecular weight is 130 g/mol. The van der Waals surface area contributed by atoms with Crippen LogP contribution in [0.5, 0.6) is 0 Å². The van der Waals surface area contributed by atoms with Gasteiger partial charge in [0.15, 0.2) is 0 Å². The molecule has 0 spiro atoms. The molecule has 0 heterocycles. The van der Waals surface area contributed by atoms with Crippen molar-refractivity contribution in [2.45, 2.75) is 25.4 Å². The number of rotatable bonds is 5. The summed E-state index contributed by atoms with van der Waals surface area (Å²) >= 11 is 0. The van der Waals surface area contributed by atoms with Gasteiger partial charge in [0.2, 0.25) is 0 Å². The Kier molecular flexibility index (Phi) is 5.01. The first kappa shape index (κ1) is 8.30. The first-order chi connectivity index (χ1) is 4.31. The Morgan fingerprint density at radius 3 is 2.44 bits per heavy atom. The van der Waals surface area contributed by atoms with Gasteiger partial charge < -0.3 is 14.7 Å². The van der Waals surface area contributed by atoms with Crippen LogP contribution in [-0.4, -0.2) is 23.8 Å². The van der Waals surface area contributed by atoms with E-state index in [1.807, 2.05) is 0 Å². The maximum atomic E-state index is 9.73. The molecule has 0 aromatic carbocycles. The first-order valence-corrected chi connectivity index (χ1v) is 2.86. The summed E-state index contributed by atoms with van der Waals surface area (Å²) in [4.78, 5) is 19.4. The number of carbonyl (C=O) groups excluding carboxylic acids is 2. The monoisotopic (exact) mass is 130 g/mol. The molecule has 0 fully saturated rings. The predicted octanol–water partition coefficient (Wildman–Crippen LogP) is -0.0846. The predicted molar refractivity (Wildman–Crippen MR) is 32.0 cm³/mol. The van der Waals surface area contributed by atoms with E-state index in [0.29, 0.717) is 19.1 Å². The Hall–Kier alpha value is -0.700. The zero-order valence-electron chi connectivity index (χ0n) is 5.12. The molecule has 3 heteroatoms. The third-order valence-corrected chi connectivity index (χ3v) is 0.986. The molecule has 0 saturated carbocycles. The van der Waals surface area contributed by atoms with Gasteiger partial charge in [-0.3, -0.25) is 0 Å². The Balaban J connectivity index is 3.14. The summed E-state index contributed by atoms with van der Waals surface area (Å²) in [5.74, 6) is 0. The third-order valence-electron chi connectivity index (χ3n) is 0.986. The Morgan fingerprint density at radius 2 is 2.00 bits per heavy atom. The van der Waals surface area contributed by atoms with E-state index in [1.54, 1.807) is 0 Å². The molecule has 0 rings (SSSR count). The number of carbonyl (C=O) groups is 2. The zero-order valence-corrected chi connectivity index (χ0v) is 5.12. The lowest BCUT2D eigenvalue weighted by atomic mass is 10.2.